The van der Waals surface area contributed by atoms with Crippen molar-refractivity contribution >= 4 is 29.0 Å². The van der Waals surface area contributed by atoms with E-state index in [4.69, 9.17) is 0 Å². The van der Waals surface area contributed by atoms with Gasteiger partial charge in [-0.05, 0) is 62.8 Å². The number of amides is 3. The fourth-order valence-electron chi connectivity index (χ4n) is 3.67. The van der Waals surface area contributed by atoms with Crippen molar-refractivity contribution < 1.29 is 9.59 Å². The van der Waals surface area contributed by atoms with Crippen LogP contribution in [-0.4, -0.2) is 33.9 Å². The van der Waals surface area contributed by atoms with Gasteiger partial charge in [-0.2, -0.15) is 0 Å². The minimum absolute atomic E-state index is 0.0240. The lowest BCUT2D eigenvalue weighted by atomic mass is 10.0. The molecule has 1 atom stereocenters. The number of hydrogen-bond acceptors (Lipinski definition) is 4. The van der Waals surface area contributed by atoms with Crippen molar-refractivity contribution in [3.05, 3.63) is 81.8 Å². The molecular weight excluding hydrogens is 456 g/mol. The van der Waals surface area contributed by atoms with Crippen LogP contribution in [0.3, 0.4) is 0 Å². The van der Waals surface area contributed by atoms with Gasteiger partial charge in [0.15, 0.2) is 0 Å². The summed E-state index contributed by atoms with van der Waals surface area (Å²) in [6.07, 6.45) is 1.76. The Balaban J connectivity index is 1.55. The van der Waals surface area contributed by atoms with Crippen molar-refractivity contribution in [1.29, 1.82) is 0 Å². The van der Waals surface area contributed by atoms with Crippen molar-refractivity contribution in [2.24, 2.45) is 0 Å². The summed E-state index contributed by atoms with van der Waals surface area (Å²) in [5, 5.41) is 8.50. The van der Waals surface area contributed by atoms with E-state index in [9.17, 15) is 9.59 Å². The Labute approximate surface area is 212 Å². The molecule has 1 heterocycles. The molecule has 0 aliphatic rings. The van der Waals surface area contributed by atoms with E-state index < -0.39 is 0 Å². The number of carbonyl (C=O) groups excluding carboxylic acids is 2. The largest absolute Gasteiger partial charge is 0.348 e. The summed E-state index contributed by atoms with van der Waals surface area (Å²) in [7, 11) is 0. The minimum atomic E-state index is -0.187. The summed E-state index contributed by atoms with van der Waals surface area (Å²) in [5.41, 5.74) is 3.64. The molecule has 0 aliphatic carbocycles. The van der Waals surface area contributed by atoms with Gasteiger partial charge in [-0.15, -0.1) is 11.3 Å². The van der Waals surface area contributed by atoms with Crippen LogP contribution in [0.25, 0.3) is 0 Å². The lowest BCUT2D eigenvalue weighted by Gasteiger charge is -2.26. The van der Waals surface area contributed by atoms with Gasteiger partial charge in [0.1, 0.15) is 10.7 Å². The number of rotatable bonds is 10. The Morgan fingerprint density at radius 2 is 1.66 bits per heavy atom. The van der Waals surface area contributed by atoms with E-state index in [0.717, 1.165) is 23.5 Å². The van der Waals surface area contributed by atoms with Crippen molar-refractivity contribution in [1.82, 2.24) is 15.2 Å². The van der Waals surface area contributed by atoms with Crippen molar-refractivity contribution in [3.8, 4) is 0 Å². The second-order valence-corrected chi connectivity index (χ2v) is 10.4. The predicted molar refractivity (Wildman–Crippen MR) is 144 cm³/mol. The molecule has 0 saturated carbocycles. The van der Waals surface area contributed by atoms with Crippen LogP contribution in [0.15, 0.2) is 60.0 Å². The van der Waals surface area contributed by atoms with Crippen LogP contribution in [0.4, 0.5) is 10.5 Å². The van der Waals surface area contributed by atoms with Gasteiger partial charge in [-0.3, -0.25) is 4.79 Å². The van der Waals surface area contributed by atoms with Crippen LogP contribution in [0.2, 0.25) is 0 Å². The number of urea groups is 1. The molecule has 0 radical (unpaired) electrons. The number of benzene rings is 2. The van der Waals surface area contributed by atoms with Gasteiger partial charge in [0.25, 0.3) is 5.91 Å². The molecule has 2 N–H and O–H groups in total. The van der Waals surface area contributed by atoms with Crippen molar-refractivity contribution in [2.75, 3.05) is 5.32 Å². The Kier molecular flexibility index (Phi) is 9.43. The molecule has 0 aliphatic heterocycles. The minimum Gasteiger partial charge on any atom is -0.348 e. The monoisotopic (exact) mass is 492 g/mol. The number of hydrogen-bond donors (Lipinski definition) is 2. The number of nitrogens with one attached hydrogen (secondary N) is 2. The quantitative estimate of drug-likeness (QED) is 0.341. The molecule has 186 valence electrons. The van der Waals surface area contributed by atoms with Gasteiger partial charge >= 0.3 is 6.03 Å². The van der Waals surface area contributed by atoms with Gasteiger partial charge in [0, 0.05) is 23.2 Å². The number of anilines is 1. The summed E-state index contributed by atoms with van der Waals surface area (Å²) < 4.78 is 0. The zero-order valence-electron chi connectivity index (χ0n) is 21.2. The molecule has 3 aromatic rings. The van der Waals surface area contributed by atoms with Crippen LogP contribution >= 0.6 is 11.3 Å². The second kappa shape index (κ2) is 12.5. The molecule has 1 aromatic heterocycles. The van der Waals surface area contributed by atoms with E-state index >= 15 is 0 Å². The van der Waals surface area contributed by atoms with Gasteiger partial charge in [-0.1, -0.05) is 56.3 Å². The summed E-state index contributed by atoms with van der Waals surface area (Å²) >= 11 is 1.40. The lowest BCUT2D eigenvalue weighted by molar-refractivity contribution is 0.0934. The zero-order valence-corrected chi connectivity index (χ0v) is 22.1. The topological polar surface area (TPSA) is 74.3 Å². The van der Waals surface area contributed by atoms with Crippen LogP contribution in [0, 0.1) is 0 Å². The molecule has 2 aromatic carbocycles. The van der Waals surface area contributed by atoms with Crippen LogP contribution in [0.5, 0.6) is 0 Å². The summed E-state index contributed by atoms with van der Waals surface area (Å²) in [6.45, 7) is 10.6. The Hall–Kier alpha value is -3.19. The molecule has 0 spiro atoms. The average Bonchev–Trinajstić information content (AvgIpc) is 3.31. The zero-order chi connectivity index (χ0) is 25.4. The van der Waals surface area contributed by atoms with Crippen LogP contribution < -0.4 is 10.6 Å². The van der Waals surface area contributed by atoms with E-state index in [1.165, 1.54) is 22.5 Å². The van der Waals surface area contributed by atoms with Gasteiger partial charge in [-0.25, -0.2) is 9.78 Å². The molecule has 6 nitrogen and oxygen atoms in total. The number of thiazole rings is 1. The molecule has 3 amide bonds. The molecule has 7 heteroatoms. The fraction of sp³-hybridized carbons (Fsp3) is 0.393. The van der Waals surface area contributed by atoms with Gasteiger partial charge in [0.2, 0.25) is 0 Å². The smallest absolute Gasteiger partial charge is 0.322 e. The molecule has 1 unspecified atom stereocenters. The molecule has 3 rings (SSSR count). The Bertz CT molecular complexity index is 1090. The highest BCUT2D eigenvalue weighted by atomic mass is 32.1. The molecule has 0 fully saturated rings. The normalized spacial score (nSPS) is 12.0. The first-order valence-electron chi connectivity index (χ1n) is 12.2. The fourth-order valence-corrected chi connectivity index (χ4v) is 4.44. The third-order valence-corrected chi connectivity index (χ3v) is 6.72. The SMILES string of the molecule is CC(CCc1ccccc1)NC(=O)c1csc(CN(C(=O)Nc2ccc(C(C)C)cc2)C(C)C)n1. The maximum Gasteiger partial charge on any atom is 0.322 e. The molecular formula is C28H36N4O2S. The van der Waals surface area contributed by atoms with E-state index in [1.807, 2.05) is 63.2 Å². The highest BCUT2D eigenvalue weighted by Gasteiger charge is 2.21. The number of nitrogens with zero attached hydrogens (tertiary/aromatic N) is 2. The summed E-state index contributed by atoms with van der Waals surface area (Å²) in [4.78, 5) is 31.9. The molecule has 0 bridgehead atoms. The number of aromatic nitrogens is 1. The second-order valence-electron chi connectivity index (χ2n) is 9.45. The average molecular weight is 493 g/mol. The first-order chi connectivity index (χ1) is 16.7. The van der Waals surface area contributed by atoms with Gasteiger partial charge < -0.3 is 15.5 Å². The summed E-state index contributed by atoms with van der Waals surface area (Å²) in [6, 6.07) is 18.0. The number of carbonyl (C=O) groups is 2. The standard InChI is InChI=1S/C28H36N4O2S/c1-19(2)23-13-15-24(16-14-23)30-28(34)32(20(3)4)17-26-31-25(18-35-26)27(33)29-21(5)11-12-22-9-7-6-8-10-22/h6-10,13-16,18-21H,11-12,17H2,1-5H3,(H,29,33)(H,30,34). The summed E-state index contributed by atoms with van der Waals surface area (Å²) in [5.74, 6) is 0.258. The number of aryl methyl sites for hydroxylation is 1. The van der Waals surface area contributed by atoms with E-state index in [1.54, 1.807) is 10.3 Å². The van der Waals surface area contributed by atoms with E-state index in [0.29, 0.717) is 18.2 Å². The Morgan fingerprint density at radius 1 is 0.971 bits per heavy atom. The predicted octanol–water partition coefficient (Wildman–Crippen LogP) is 6.46. The van der Waals surface area contributed by atoms with Gasteiger partial charge in [0.05, 0.1) is 6.54 Å². The highest BCUT2D eigenvalue weighted by molar-refractivity contribution is 7.09. The molecule has 35 heavy (non-hydrogen) atoms. The maximum atomic E-state index is 13.0. The lowest BCUT2D eigenvalue weighted by Crippen LogP contribution is -2.39. The van der Waals surface area contributed by atoms with Crippen LogP contribution in [0.1, 0.15) is 73.6 Å². The maximum absolute atomic E-state index is 13.0. The Morgan fingerprint density at radius 3 is 2.29 bits per heavy atom. The molecule has 0 saturated heterocycles. The third-order valence-electron chi connectivity index (χ3n) is 5.89. The third kappa shape index (κ3) is 7.92. The highest BCUT2D eigenvalue weighted by Crippen LogP contribution is 2.19. The van der Waals surface area contributed by atoms with Crippen LogP contribution in [-0.2, 0) is 13.0 Å². The van der Waals surface area contributed by atoms with Crippen molar-refractivity contribution in [3.63, 3.8) is 0 Å². The first-order valence-corrected chi connectivity index (χ1v) is 13.1. The van der Waals surface area contributed by atoms with E-state index in [-0.39, 0.29) is 24.0 Å². The first kappa shape index (κ1) is 26.4. The van der Waals surface area contributed by atoms with E-state index in [2.05, 4.69) is 41.6 Å². The van der Waals surface area contributed by atoms with Crippen molar-refractivity contribution in [2.45, 2.75) is 72.0 Å².